The zero-order valence-corrected chi connectivity index (χ0v) is 13.9. The maximum atomic E-state index is 12.7. The second-order valence-corrected chi connectivity index (χ2v) is 7.28. The van der Waals surface area contributed by atoms with E-state index in [1.807, 2.05) is 9.80 Å². The van der Waals surface area contributed by atoms with Gasteiger partial charge in [-0.3, -0.25) is 0 Å². The molecule has 2 atom stereocenters. The smallest absolute Gasteiger partial charge is 0.320 e. The number of ether oxygens (including phenoxy) is 2. The predicted octanol–water partition coefficient (Wildman–Crippen LogP) is 0.871. The number of amides is 2. The van der Waals surface area contributed by atoms with E-state index >= 15 is 0 Å². The van der Waals surface area contributed by atoms with Crippen LogP contribution < -0.4 is 0 Å². The van der Waals surface area contributed by atoms with Crippen LogP contribution in [0.25, 0.3) is 0 Å². The van der Waals surface area contributed by atoms with Gasteiger partial charge in [0.25, 0.3) is 0 Å². The van der Waals surface area contributed by atoms with E-state index in [0.717, 1.165) is 45.5 Å². The fourth-order valence-electron chi connectivity index (χ4n) is 3.96. The van der Waals surface area contributed by atoms with Crippen molar-refractivity contribution in [3.05, 3.63) is 0 Å². The molecule has 0 bridgehead atoms. The van der Waals surface area contributed by atoms with E-state index in [1.54, 1.807) is 0 Å². The fourth-order valence-corrected chi connectivity index (χ4v) is 3.96. The second-order valence-electron chi connectivity index (χ2n) is 7.28. The molecule has 0 saturated carbocycles. The Hall–Kier alpha value is -0.850. The number of rotatable bonds is 2. The Kier molecular flexibility index (Phi) is 4.90. The summed E-state index contributed by atoms with van der Waals surface area (Å²) in [6, 6.07) is 0.169. The molecule has 3 fully saturated rings. The Morgan fingerprint density at radius 3 is 2.73 bits per heavy atom. The van der Waals surface area contributed by atoms with Gasteiger partial charge < -0.3 is 24.2 Å². The van der Waals surface area contributed by atoms with Crippen LogP contribution in [0.4, 0.5) is 4.79 Å². The first-order valence-electron chi connectivity index (χ1n) is 8.48. The largest absolute Gasteiger partial charge is 0.377 e. The average Bonchev–Trinajstić information content (AvgIpc) is 3.07. The zero-order valence-electron chi connectivity index (χ0n) is 13.9. The van der Waals surface area contributed by atoms with Crippen molar-refractivity contribution >= 4 is 6.03 Å². The molecule has 3 aliphatic heterocycles. The van der Waals surface area contributed by atoms with E-state index in [9.17, 15) is 4.79 Å². The van der Waals surface area contributed by atoms with Gasteiger partial charge >= 0.3 is 6.03 Å². The summed E-state index contributed by atoms with van der Waals surface area (Å²) < 4.78 is 11.9. The van der Waals surface area contributed by atoms with Gasteiger partial charge in [-0.15, -0.1) is 0 Å². The van der Waals surface area contributed by atoms with Gasteiger partial charge in [-0.2, -0.15) is 0 Å². The lowest BCUT2D eigenvalue weighted by molar-refractivity contribution is -0.0537. The zero-order chi connectivity index (χ0) is 15.6. The molecule has 126 valence electrons. The number of urea groups is 1. The highest BCUT2D eigenvalue weighted by atomic mass is 16.5. The molecule has 0 aromatic carbocycles. The number of carbonyl (C=O) groups excluding carboxylic acids is 1. The Morgan fingerprint density at radius 1 is 1.23 bits per heavy atom. The molecule has 0 N–H and O–H groups in total. The molecule has 0 unspecified atom stereocenters. The van der Waals surface area contributed by atoms with Crippen molar-refractivity contribution in [3.63, 3.8) is 0 Å². The first kappa shape index (κ1) is 16.0. The van der Waals surface area contributed by atoms with Crippen molar-refractivity contribution in [2.24, 2.45) is 5.92 Å². The Labute approximate surface area is 133 Å². The van der Waals surface area contributed by atoms with Crippen LogP contribution in [0.5, 0.6) is 0 Å². The summed E-state index contributed by atoms with van der Waals surface area (Å²) in [4.78, 5) is 18.8. The van der Waals surface area contributed by atoms with Gasteiger partial charge in [-0.05, 0) is 39.3 Å². The lowest BCUT2D eigenvalue weighted by atomic mass is 9.94. The molecule has 3 aliphatic rings. The number of likely N-dealkylation sites (tertiary alicyclic amines) is 1. The molecular formula is C16H29N3O3. The summed E-state index contributed by atoms with van der Waals surface area (Å²) in [7, 11) is 4.19. The summed E-state index contributed by atoms with van der Waals surface area (Å²) >= 11 is 0. The van der Waals surface area contributed by atoms with Crippen LogP contribution in [0.2, 0.25) is 0 Å². The molecule has 3 rings (SSSR count). The maximum absolute atomic E-state index is 12.7. The van der Waals surface area contributed by atoms with Gasteiger partial charge in [0.1, 0.15) is 5.60 Å². The summed E-state index contributed by atoms with van der Waals surface area (Å²) in [5, 5.41) is 0. The average molecular weight is 311 g/mol. The first-order valence-corrected chi connectivity index (χ1v) is 8.48. The Balaban J connectivity index is 1.64. The number of carbonyl (C=O) groups is 1. The van der Waals surface area contributed by atoms with Gasteiger partial charge in [-0.25, -0.2) is 4.79 Å². The van der Waals surface area contributed by atoms with E-state index in [4.69, 9.17) is 9.47 Å². The van der Waals surface area contributed by atoms with Crippen LogP contribution in [-0.2, 0) is 9.47 Å². The fraction of sp³-hybridized carbons (Fsp3) is 0.938. The lowest BCUT2D eigenvalue weighted by Gasteiger charge is -2.33. The summed E-state index contributed by atoms with van der Waals surface area (Å²) in [6.45, 7) is 6.17. The highest BCUT2D eigenvalue weighted by Gasteiger charge is 2.44. The minimum absolute atomic E-state index is 0.169. The summed E-state index contributed by atoms with van der Waals surface area (Å²) in [5.74, 6) is 0.528. The molecule has 1 spiro atoms. The van der Waals surface area contributed by atoms with Gasteiger partial charge in [-0.1, -0.05) is 0 Å². The predicted molar refractivity (Wildman–Crippen MR) is 83.9 cm³/mol. The van der Waals surface area contributed by atoms with Crippen molar-refractivity contribution in [1.82, 2.24) is 14.7 Å². The monoisotopic (exact) mass is 311 g/mol. The highest BCUT2D eigenvalue weighted by molar-refractivity contribution is 5.74. The normalized spacial score (nSPS) is 33.0. The van der Waals surface area contributed by atoms with E-state index in [1.165, 1.54) is 0 Å². The molecule has 0 aromatic rings. The van der Waals surface area contributed by atoms with E-state index in [2.05, 4.69) is 19.0 Å². The lowest BCUT2D eigenvalue weighted by Crippen LogP contribution is -2.50. The SMILES string of the molecule is CN(C)C[C@H]1CO[C@@]2(COCCN(C(=O)N3CCCC3)C2)C1. The maximum Gasteiger partial charge on any atom is 0.320 e. The van der Waals surface area contributed by atoms with Crippen molar-refractivity contribution in [2.45, 2.75) is 24.9 Å². The highest BCUT2D eigenvalue weighted by Crippen LogP contribution is 2.33. The van der Waals surface area contributed by atoms with Crippen molar-refractivity contribution in [2.75, 3.05) is 66.6 Å². The molecule has 3 saturated heterocycles. The van der Waals surface area contributed by atoms with E-state index in [-0.39, 0.29) is 11.6 Å². The number of hydrogen-bond donors (Lipinski definition) is 0. The minimum atomic E-state index is -0.299. The third-order valence-corrected chi connectivity index (χ3v) is 4.91. The molecule has 0 aliphatic carbocycles. The molecular weight excluding hydrogens is 282 g/mol. The van der Waals surface area contributed by atoms with Crippen molar-refractivity contribution in [3.8, 4) is 0 Å². The van der Waals surface area contributed by atoms with Gasteiger partial charge in [0.05, 0.1) is 26.4 Å². The van der Waals surface area contributed by atoms with Gasteiger partial charge in [0, 0.05) is 26.2 Å². The van der Waals surface area contributed by atoms with Crippen molar-refractivity contribution < 1.29 is 14.3 Å². The van der Waals surface area contributed by atoms with Crippen LogP contribution in [0.3, 0.4) is 0 Å². The second kappa shape index (κ2) is 6.72. The number of hydrogen-bond acceptors (Lipinski definition) is 4. The Morgan fingerprint density at radius 2 is 2.00 bits per heavy atom. The first-order chi connectivity index (χ1) is 10.6. The molecule has 2 amide bonds. The molecule has 0 aromatic heterocycles. The third kappa shape index (κ3) is 3.55. The van der Waals surface area contributed by atoms with Crippen LogP contribution in [0.15, 0.2) is 0 Å². The topological polar surface area (TPSA) is 45.3 Å². The minimum Gasteiger partial charge on any atom is -0.377 e. The molecule has 22 heavy (non-hydrogen) atoms. The number of nitrogens with zero attached hydrogens (tertiary/aromatic N) is 3. The van der Waals surface area contributed by atoms with Gasteiger partial charge in [0.15, 0.2) is 0 Å². The van der Waals surface area contributed by atoms with E-state index < -0.39 is 0 Å². The summed E-state index contributed by atoms with van der Waals surface area (Å²) in [5.41, 5.74) is -0.299. The van der Waals surface area contributed by atoms with E-state index in [0.29, 0.717) is 32.2 Å². The van der Waals surface area contributed by atoms with Crippen LogP contribution in [-0.4, -0.2) is 93.0 Å². The molecule has 6 heteroatoms. The van der Waals surface area contributed by atoms with Crippen molar-refractivity contribution in [1.29, 1.82) is 0 Å². The third-order valence-electron chi connectivity index (χ3n) is 4.91. The standard InChI is InChI=1S/C16H29N3O3/c1-17(2)10-14-9-16(22-11-14)12-19(7-8-21-13-16)15(20)18-5-3-4-6-18/h14H,3-13H2,1-2H3/t14-,16-/m0/s1. The van der Waals surface area contributed by atoms with Crippen LogP contribution in [0.1, 0.15) is 19.3 Å². The summed E-state index contributed by atoms with van der Waals surface area (Å²) in [6.07, 6.45) is 3.24. The molecule has 3 heterocycles. The van der Waals surface area contributed by atoms with Crippen LogP contribution in [0, 0.1) is 5.92 Å². The molecule has 0 radical (unpaired) electrons. The molecule has 6 nitrogen and oxygen atoms in total. The quantitative estimate of drug-likeness (QED) is 0.759. The Bertz CT molecular complexity index is 398. The van der Waals surface area contributed by atoms with Crippen LogP contribution >= 0.6 is 0 Å². The van der Waals surface area contributed by atoms with Gasteiger partial charge in [0.2, 0.25) is 0 Å².